The molecule has 6 rings (SSSR count). The summed E-state index contributed by atoms with van der Waals surface area (Å²) in [7, 11) is 0. The number of hydrogen-bond acceptors (Lipinski definition) is 5. The Morgan fingerprint density at radius 2 is 1.42 bits per heavy atom. The van der Waals surface area contributed by atoms with Crippen molar-refractivity contribution < 1.29 is 19.1 Å². The van der Waals surface area contributed by atoms with Gasteiger partial charge in [0.2, 0.25) is 0 Å². The van der Waals surface area contributed by atoms with E-state index in [0.717, 1.165) is 28.0 Å². The van der Waals surface area contributed by atoms with Crippen LogP contribution in [-0.2, 0) is 27.4 Å². The van der Waals surface area contributed by atoms with Crippen LogP contribution in [0, 0.1) is 0 Å². The molecule has 1 aliphatic carbocycles. The Bertz CT molecular complexity index is 1660. The Labute approximate surface area is 252 Å². The number of Topliss-reactive ketones (excluding diaryl/α,β-unsaturated/α-hetero) is 1. The molecule has 0 unspecified atom stereocenters. The molecular weight excluding hydrogens is 534 g/mol. The van der Waals surface area contributed by atoms with Crippen LogP contribution >= 0.6 is 0 Å². The van der Waals surface area contributed by atoms with Crippen molar-refractivity contribution in [2.24, 2.45) is 0 Å². The van der Waals surface area contributed by atoms with Gasteiger partial charge in [-0.05, 0) is 42.0 Å². The van der Waals surface area contributed by atoms with E-state index >= 15 is 0 Å². The quantitative estimate of drug-likeness (QED) is 0.213. The molecule has 43 heavy (non-hydrogen) atoms. The van der Waals surface area contributed by atoms with Gasteiger partial charge < -0.3 is 14.8 Å². The third kappa shape index (κ3) is 6.31. The molecule has 5 heteroatoms. The summed E-state index contributed by atoms with van der Waals surface area (Å²) in [6.07, 6.45) is 1.67. The summed E-state index contributed by atoms with van der Waals surface area (Å²) in [6, 6.07) is 37.8. The van der Waals surface area contributed by atoms with Gasteiger partial charge in [-0.3, -0.25) is 4.79 Å². The number of carbonyl (C=O) groups is 2. The largest absolute Gasteiger partial charge is 0.489 e. The van der Waals surface area contributed by atoms with E-state index in [1.807, 2.05) is 110 Å². The average molecular weight is 570 g/mol. The van der Waals surface area contributed by atoms with Crippen molar-refractivity contribution in [3.63, 3.8) is 0 Å². The summed E-state index contributed by atoms with van der Waals surface area (Å²) in [6.45, 7) is 2.52. The highest BCUT2D eigenvalue weighted by molar-refractivity contribution is 6.04. The zero-order valence-electron chi connectivity index (χ0n) is 24.3. The second-order valence-electron chi connectivity index (χ2n) is 11.1. The first-order valence-corrected chi connectivity index (χ1v) is 14.8. The van der Waals surface area contributed by atoms with Crippen molar-refractivity contribution in [3.05, 3.63) is 160 Å². The monoisotopic (exact) mass is 569 g/mol. The van der Waals surface area contributed by atoms with E-state index in [2.05, 4.69) is 17.4 Å². The highest BCUT2D eigenvalue weighted by Crippen LogP contribution is 2.47. The smallest absolute Gasteiger partial charge is 0.336 e. The number of benzene rings is 4. The minimum Gasteiger partial charge on any atom is -0.489 e. The summed E-state index contributed by atoms with van der Waals surface area (Å²) in [5.74, 6) is -0.277. The molecule has 1 aliphatic heterocycles. The molecule has 0 saturated carbocycles. The highest BCUT2D eigenvalue weighted by Gasteiger charge is 2.42. The molecule has 4 aromatic rings. The standard InChI is InChI=1S/C38H35NO4/c1-26-35(38(41)42-22-21-27-13-5-2-6-14-27)36(31-19-11-12-20-34(31)43-25-28-15-7-3-8-16-28)37-32(39-26)23-30(24-33(37)40)29-17-9-4-10-18-29/h2-20,30,36,39H,21-25H2,1H3/t30-,36-/m0/s1. The fraction of sp³-hybridized carbons (Fsp3) is 0.211. The number of para-hydroxylation sites is 1. The highest BCUT2D eigenvalue weighted by atomic mass is 16.5. The van der Waals surface area contributed by atoms with Gasteiger partial charge in [0.1, 0.15) is 12.4 Å². The summed E-state index contributed by atoms with van der Waals surface area (Å²) >= 11 is 0. The zero-order valence-corrected chi connectivity index (χ0v) is 24.3. The van der Waals surface area contributed by atoms with E-state index < -0.39 is 11.9 Å². The predicted octanol–water partition coefficient (Wildman–Crippen LogP) is 7.41. The molecule has 0 aromatic heterocycles. The molecule has 0 amide bonds. The van der Waals surface area contributed by atoms with Crippen LogP contribution in [0.2, 0.25) is 0 Å². The molecule has 1 N–H and O–H groups in total. The van der Waals surface area contributed by atoms with Crippen LogP contribution < -0.4 is 10.1 Å². The first kappa shape index (κ1) is 28.2. The van der Waals surface area contributed by atoms with Crippen molar-refractivity contribution in [3.8, 4) is 5.75 Å². The summed E-state index contributed by atoms with van der Waals surface area (Å²) < 4.78 is 12.2. The van der Waals surface area contributed by atoms with Crippen molar-refractivity contribution in [1.29, 1.82) is 0 Å². The van der Waals surface area contributed by atoms with Gasteiger partial charge in [0.25, 0.3) is 0 Å². The molecule has 0 spiro atoms. The van der Waals surface area contributed by atoms with Gasteiger partial charge in [-0.2, -0.15) is 0 Å². The normalized spacial score (nSPS) is 18.1. The van der Waals surface area contributed by atoms with Gasteiger partial charge in [-0.1, -0.05) is 109 Å². The maximum atomic E-state index is 14.0. The number of rotatable bonds is 9. The van der Waals surface area contributed by atoms with Gasteiger partial charge in [-0.15, -0.1) is 0 Å². The molecule has 0 radical (unpaired) electrons. The Hall–Kier alpha value is -4.90. The van der Waals surface area contributed by atoms with Crippen LogP contribution in [-0.4, -0.2) is 18.4 Å². The Morgan fingerprint density at radius 1 is 0.791 bits per heavy atom. The van der Waals surface area contributed by atoms with E-state index in [-0.39, 0.29) is 18.3 Å². The number of ketones is 1. The molecule has 2 aliphatic rings. The lowest BCUT2D eigenvalue weighted by molar-refractivity contribution is -0.139. The lowest BCUT2D eigenvalue weighted by Crippen LogP contribution is -2.36. The fourth-order valence-corrected chi connectivity index (χ4v) is 6.15. The number of nitrogens with one attached hydrogen (secondary N) is 1. The van der Waals surface area contributed by atoms with E-state index in [1.165, 1.54) is 0 Å². The molecule has 2 atom stereocenters. The topological polar surface area (TPSA) is 64.6 Å². The lowest BCUT2D eigenvalue weighted by atomic mass is 9.71. The van der Waals surface area contributed by atoms with Gasteiger partial charge in [0, 0.05) is 35.4 Å². The first-order valence-electron chi connectivity index (χ1n) is 14.8. The zero-order chi connectivity index (χ0) is 29.6. The van der Waals surface area contributed by atoms with Crippen LogP contribution in [0.4, 0.5) is 0 Å². The minimum atomic E-state index is -0.600. The molecule has 0 bridgehead atoms. The van der Waals surface area contributed by atoms with Gasteiger partial charge in [-0.25, -0.2) is 4.79 Å². The third-order valence-corrected chi connectivity index (χ3v) is 8.25. The molecule has 0 saturated heterocycles. The van der Waals surface area contributed by atoms with Crippen molar-refractivity contribution in [2.75, 3.05) is 6.61 Å². The van der Waals surface area contributed by atoms with Crippen LogP contribution in [0.15, 0.2) is 138 Å². The van der Waals surface area contributed by atoms with E-state index in [4.69, 9.17) is 9.47 Å². The predicted molar refractivity (Wildman–Crippen MR) is 167 cm³/mol. The van der Waals surface area contributed by atoms with E-state index in [0.29, 0.717) is 48.5 Å². The number of esters is 1. The Balaban J connectivity index is 1.35. The fourth-order valence-electron chi connectivity index (χ4n) is 6.15. The first-order chi connectivity index (χ1) is 21.1. The maximum absolute atomic E-state index is 14.0. The van der Waals surface area contributed by atoms with Crippen LogP contribution in [0.25, 0.3) is 0 Å². The molecular formula is C38H35NO4. The third-order valence-electron chi connectivity index (χ3n) is 8.25. The molecule has 5 nitrogen and oxygen atoms in total. The second-order valence-corrected chi connectivity index (χ2v) is 11.1. The SMILES string of the molecule is CC1=C(C(=O)OCCc2ccccc2)[C@H](c2ccccc2OCc2ccccc2)C2=C(C[C@H](c3ccccc3)CC2=O)N1. The number of ether oxygens (including phenoxy) is 2. The molecule has 216 valence electrons. The average Bonchev–Trinajstić information content (AvgIpc) is 3.04. The van der Waals surface area contributed by atoms with Gasteiger partial charge >= 0.3 is 5.97 Å². The van der Waals surface area contributed by atoms with Crippen LogP contribution in [0.5, 0.6) is 5.75 Å². The van der Waals surface area contributed by atoms with Crippen LogP contribution in [0.3, 0.4) is 0 Å². The Kier molecular flexibility index (Phi) is 8.50. The van der Waals surface area contributed by atoms with Gasteiger partial charge in [0.05, 0.1) is 18.1 Å². The van der Waals surface area contributed by atoms with Crippen LogP contribution in [0.1, 0.15) is 53.9 Å². The van der Waals surface area contributed by atoms with Crippen molar-refractivity contribution in [2.45, 2.75) is 44.6 Å². The van der Waals surface area contributed by atoms with Gasteiger partial charge in [0.15, 0.2) is 5.78 Å². The minimum absolute atomic E-state index is 0.0348. The second kappa shape index (κ2) is 13.0. The summed E-state index contributed by atoms with van der Waals surface area (Å²) in [4.78, 5) is 27.9. The molecule has 4 aromatic carbocycles. The van der Waals surface area contributed by atoms with Crippen molar-refractivity contribution in [1.82, 2.24) is 5.32 Å². The summed E-state index contributed by atoms with van der Waals surface area (Å²) in [5, 5.41) is 3.46. The van der Waals surface area contributed by atoms with E-state index in [1.54, 1.807) is 0 Å². The number of carbonyl (C=O) groups excluding carboxylic acids is 2. The molecule has 0 fully saturated rings. The van der Waals surface area contributed by atoms with E-state index in [9.17, 15) is 9.59 Å². The molecule has 1 heterocycles. The maximum Gasteiger partial charge on any atom is 0.336 e. The lowest BCUT2D eigenvalue weighted by Gasteiger charge is -2.37. The summed E-state index contributed by atoms with van der Waals surface area (Å²) in [5.41, 5.74) is 6.71. The Morgan fingerprint density at radius 3 is 2.14 bits per heavy atom. The number of allylic oxidation sites excluding steroid dienone is 3. The number of hydrogen-bond donors (Lipinski definition) is 1. The van der Waals surface area contributed by atoms with Crippen molar-refractivity contribution >= 4 is 11.8 Å². The number of dihydropyridines is 1.